The third-order valence-corrected chi connectivity index (χ3v) is 6.36. The Balaban J connectivity index is 1.51. The second kappa shape index (κ2) is 10.2. The molecule has 0 bridgehead atoms. The van der Waals surface area contributed by atoms with E-state index in [9.17, 15) is 0 Å². The normalized spacial score (nSPS) is 15.3. The summed E-state index contributed by atoms with van der Waals surface area (Å²) in [6.45, 7) is 13.5. The van der Waals surface area contributed by atoms with E-state index in [-0.39, 0.29) is 0 Å². The number of hydrogen-bond donors (Lipinski definition) is 1. The number of anilines is 2. The minimum atomic E-state index is 0.821. The van der Waals surface area contributed by atoms with Gasteiger partial charge in [-0.1, -0.05) is 0 Å². The maximum Gasteiger partial charge on any atom is 0.173 e. The molecule has 0 spiro atoms. The first-order chi connectivity index (χ1) is 13.6. The van der Waals surface area contributed by atoms with Crippen LogP contribution in [0.5, 0.6) is 0 Å². The van der Waals surface area contributed by atoms with E-state index >= 15 is 0 Å². The van der Waals surface area contributed by atoms with Gasteiger partial charge >= 0.3 is 0 Å². The summed E-state index contributed by atoms with van der Waals surface area (Å²) < 4.78 is 0. The van der Waals surface area contributed by atoms with Crippen LogP contribution in [-0.2, 0) is 6.54 Å². The summed E-state index contributed by atoms with van der Waals surface area (Å²) in [6, 6.07) is 8.57. The van der Waals surface area contributed by atoms with Gasteiger partial charge in [-0.25, -0.2) is 4.98 Å². The van der Waals surface area contributed by atoms with Gasteiger partial charge in [-0.05, 0) is 63.7 Å². The van der Waals surface area contributed by atoms with Crippen LogP contribution in [0.25, 0.3) is 0 Å². The monoisotopic (exact) mass is 417 g/mol. The molecule has 1 N–H and O–H groups in total. The van der Waals surface area contributed by atoms with E-state index in [0.29, 0.717) is 0 Å². The number of rotatable bonds is 6. The Labute approximate surface area is 178 Å². The van der Waals surface area contributed by atoms with Crippen molar-refractivity contribution < 1.29 is 0 Å². The zero-order valence-corrected chi connectivity index (χ0v) is 18.8. The predicted octanol–water partition coefficient (Wildman–Crippen LogP) is 4.20. The molecule has 0 aliphatic carbocycles. The van der Waals surface area contributed by atoms with E-state index in [2.05, 4.69) is 75.4 Å². The van der Waals surface area contributed by atoms with Crippen molar-refractivity contribution >= 4 is 40.0 Å². The number of hydrogen-bond acceptors (Lipinski definition) is 5. The largest absolute Gasteiger partial charge is 0.372 e. The molecule has 0 atom stereocenters. The highest BCUT2D eigenvalue weighted by Crippen LogP contribution is 2.19. The summed E-state index contributed by atoms with van der Waals surface area (Å²) in [5, 5.41) is 7.56. The van der Waals surface area contributed by atoms with Gasteiger partial charge in [-0.3, -0.25) is 4.90 Å². The summed E-state index contributed by atoms with van der Waals surface area (Å²) in [5.74, 6) is 0. The van der Waals surface area contributed by atoms with Crippen molar-refractivity contribution in [2.45, 2.75) is 33.7 Å². The Morgan fingerprint density at radius 1 is 1.14 bits per heavy atom. The molecule has 1 aromatic carbocycles. The fraction of sp³-hybridized carbons (Fsp3) is 0.524. The van der Waals surface area contributed by atoms with Crippen molar-refractivity contribution in [3.8, 4) is 0 Å². The zero-order valence-electron chi connectivity index (χ0n) is 17.1. The van der Waals surface area contributed by atoms with Gasteiger partial charge in [0.1, 0.15) is 0 Å². The van der Waals surface area contributed by atoms with Crippen molar-refractivity contribution in [1.29, 1.82) is 0 Å². The fourth-order valence-corrected chi connectivity index (χ4v) is 4.49. The van der Waals surface area contributed by atoms with Gasteiger partial charge < -0.3 is 15.1 Å². The molecule has 28 heavy (non-hydrogen) atoms. The van der Waals surface area contributed by atoms with Gasteiger partial charge in [-0.2, -0.15) is 0 Å². The number of thiazole rings is 1. The standard InChI is InChI=1S/C21H31N5S2/c1-4-25(5-2)20-9-7-18(8-10-20)23-21(27)26-12-6-11-24(13-14-26)15-19-16-28-17(3)22-19/h7-10,16H,4-6,11-15H2,1-3H3,(H,23,27). The smallest absolute Gasteiger partial charge is 0.173 e. The predicted molar refractivity (Wildman–Crippen MR) is 125 cm³/mol. The van der Waals surface area contributed by atoms with Crippen molar-refractivity contribution in [2.75, 3.05) is 49.5 Å². The van der Waals surface area contributed by atoms with E-state index in [1.807, 2.05) is 0 Å². The molecule has 1 saturated heterocycles. The topological polar surface area (TPSA) is 34.6 Å². The van der Waals surface area contributed by atoms with Crippen LogP contribution >= 0.6 is 23.6 Å². The summed E-state index contributed by atoms with van der Waals surface area (Å²) in [7, 11) is 0. The fourth-order valence-electron chi connectivity index (χ4n) is 3.59. The van der Waals surface area contributed by atoms with Gasteiger partial charge in [0.05, 0.1) is 10.7 Å². The lowest BCUT2D eigenvalue weighted by Crippen LogP contribution is -2.37. The Bertz CT molecular complexity index is 754. The van der Waals surface area contributed by atoms with E-state index in [4.69, 9.17) is 12.2 Å². The Morgan fingerprint density at radius 3 is 2.54 bits per heavy atom. The maximum atomic E-state index is 5.69. The van der Waals surface area contributed by atoms with E-state index in [0.717, 1.165) is 68.0 Å². The lowest BCUT2D eigenvalue weighted by molar-refractivity contribution is 0.275. The van der Waals surface area contributed by atoms with Crippen LogP contribution in [0, 0.1) is 6.92 Å². The zero-order chi connectivity index (χ0) is 19.9. The lowest BCUT2D eigenvalue weighted by atomic mass is 10.2. The molecular formula is C21H31N5S2. The highest BCUT2D eigenvalue weighted by atomic mass is 32.1. The van der Waals surface area contributed by atoms with Crippen LogP contribution in [0.15, 0.2) is 29.6 Å². The third-order valence-electron chi connectivity index (χ3n) is 5.18. The second-order valence-corrected chi connectivity index (χ2v) is 8.57. The number of aryl methyl sites for hydroxylation is 1. The van der Waals surface area contributed by atoms with Crippen LogP contribution < -0.4 is 10.2 Å². The van der Waals surface area contributed by atoms with Crippen molar-refractivity contribution in [2.24, 2.45) is 0 Å². The Kier molecular flexibility index (Phi) is 7.65. The highest BCUT2D eigenvalue weighted by molar-refractivity contribution is 7.80. The average Bonchev–Trinajstić information content (AvgIpc) is 2.96. The number of nitrogens with zero attached hydrogens (tertiary/aromatic N) is 4. The molecule has 1 aliphatic rings. The van der Waals surface area contributed by atoms with Gasteiger partial charge in [0.2, 0.25) is 0 Å². The maximum absolute atomic E-state index is 5.69. The average molecular weight is 418 g/mol. The molecule has 1 aliphatic heterocycles. The van der Waals surface area contributed by atoms with E-state index < -0.39 is 0 Å². The molecule has 2 aromatic rings. The Hall–Kier alpha value is -1.70. The molecule has 3 rings (SSSR count). The first-order valence-electron chi connectivity index (χ1n) is 10.1. The molecule has 0 saturated carbocycles. The number of thiocarbonyl (C=S) groups is 1. The first kappa shape index (κ1) is 21.0. The van der Waals surface area contributed by atoms with E-state index in [1.54, 1.807) is 11.3 Å². The third kappa shape index (κ3) is 5.65. The van der Waals surface area contributed by atoms with Crippen molar-refractivity contribution in [3.63, 3.8) is 0 Å². The molecule has 1 fully saturated rings. The number of nitrogens with one attached hydrogen (secondary N) is 1. The molecule has 152 valence electrons. The molecule has 0 unspecified atom stereocenters. The van der Waals surface area contributed by atoms with Gasteiger partial charge in [-0.15, -0.1) is 11.3 Å². The van der Waals surface area contributed by atoms with Crippen LogP contribution in [-0.4, -0.2) is 59.2 Å². The molecule has 0 amide bonds. The summed E-state index contributed by atoms with van der Waals surface area (Å²) in [6.07, 6.45) is 1.12. The summed E-state index contributed by atoms with van der Waals surface area (Å²) >= 11 is 7.42. The van der Waals surface area contributed by atoms with Crippen molar-refractivity contribution in [1.82, 2.24) is 14.8 Å². The Morgan fingerprint density at radius 2 is 1.89 bits per heavy atom. The minimum Gasteiger partial charge on any atom is -0.372 e. The van der Waals surface area contributed by atoms with Gasteiger partial charge in [0.25, 0.3) is 0 Å². The lowest BCUT2D eigenvalue weighted by Gasteiger charge is -2.25. The van der Waals surface area contributed by atoms with Gasteiger partial charge in [0.15, 0.2) is 5.11 Å². The molecule has 5 nitrogen and oxygen atoms in total. The summed E-state index contributed by atoms with van der Waals surface area (Å²) in [5.41, 5.74) is 3.49. The molecule has 2 heterocycles. The van der Waals surface area contributed by atoms with Gasteiger partial charge in [0, 0.05) is 62.6 Å². The quantitative estimate of drug-likeness (QED) is 0.710. The second-order valence-electron chi connectivity index (χ2n) is 7.12. The van der Waals surface area contributed by atoms with Crippen LogP contribution in [0.2, 0.25) is 0 Å². The molecular weight excluding hydrogens is 386 g/mol. The van der Waals surface area contributed by atoms with Crippen LogP contribution in [0.4, 0.5) is 11.4 Å². The van der Waals surface area contributed by atoms with Crippen molar-refractivity contribution in [3.05, 3.63) is 40.3 Å². The number of aromatic nitrogens is 1. The SMILES string of the molecule is CCN(CC)c1ccc(NC(=S)N2CCCN(Cc3csc(C)n3)CC2)cc1. The van der Waals surface area contributed by atoms with E-state index in [1.165, 1.54) is 11.4 Å². The highest BCUT2D eigenvalue weighted by Gasteiger charge is 2.18. The van der Waals surface area contributed by atoms with Crippen LogP contribution in [0.1, 0.15) is 31.0 Å². The number of benzene rings is 1. The molecule has 7 heteroatoms. The molecule has 1 aromatic heterocycles. The summed E-state index contributed by atoms with van der Waals surface area (Å²) in [4.78, 5) is 11.7. The first-order valence-corrected chi connectivity index (χ1v) is 11.4. The minimum absolute atomic E-state index is 0.821. The molecule has 0 radical (unpaired) electrons. The van der Waals surface area contributed by atoms with Crippen LogP contribution in [0.3, 0.4) is 0 Å².